The summed E-state index contributed by atoms with van der Waals surface area (Å²) in [6, 6.07) is 0. The minimum Gasteiger partial charge on any atom is -0.364 e. The van der Waals surface area contributed by atoms with Crippen molar-refractivity contribution in [3.05, 3.63) is 29.7 Å². The van der Waals surface area contributed by atoms with E-state index in [1.54, 1.807) is 12.4 Å². The number of hydrogen-bond donors (Lipinski definition) is 1. The van der Waals surface area contributed by atoms with Gasteiger partial charge >= 0.3 is 0 Å². The van der Waals surface area contributed by atoms with Gasteiger partial charge in [0.25, 0.3) is 11.9 Å². The number of carbonyl (C=O) groups is 1. The van der Waals surface area contributed by atoms with Crippen molar-refractivity contribution in [3.63, 3.8) is 0 Å². The molecule has 0 spiro atoms. The number of aryl methyl sites for hydroxylation is 1. The highest BCUT2D eigenvalue weighted by molar-refractivity contribution is 5.93. The van der Waals surface area contributed by atoms with Gasteiger partial charge in [0.15, 0.2) is 0 Å². The summed E-state index contributed by atoms with van der Waals surface area (Å²) in [5.41, 5.74) is 1.49. The largest absolute Gasteiger partial charge is 0.364 e. The molecule has 0 aliphatic carbocycles. The van der Waals surface area contributed by atoms with Gasteiger partial charge in [-0.1, -0.05) is 0 Å². The normalized spacial score (nSPS) is 14.7. The van der Waals surface area contributed by atoms with E-state index in [1.807, 2.05) is 6.92 Å². The van der Waals surface area contributed by atoms with Crippen LogP contribution in [0.15, 0.2) is 18.6 Å². The number of rotatable bonds is 5. The average Bonchev–Trinajstić information content (AvgIpc) is 3.11. The number of carbonyl (C=O) groups excluding carboxylic acids is 1. The molecular formula is C16H22N6O2. The van der Waals surface area contributed by atoms with E-state index in [9.17, 15) is 4.79 Å². The molecule has 1 aliphatic heterocycles. The molecule has 0 aromatic carbocycles. The fourth-order valence-corrected chi connectivity index (χ4v) is 2.75. The fraction of sp³-hybridized carbons (Fsp3) is 0.500. The Morgan fingerprint density at radius 1 is 1.29 bits per heavy atom. The molecule has 3 rings (SSSR count). The fourth-order valence-electron chi connectivity index (χ4n) is 2.75. The van der Waals surface area contributed by atoms with Crippen LogP contribution < -0.4 is 10.2 Å². The monoisotopic (exact) mass is 330 g/mol. The smallest absolute Gasteiger partial charge is 0.256 e. The van der Waals surface area contributed by atoms with Gasteiger partial charge in [-0.3, -0.25) is 4.79 Å². The van der Waals surface area contributed by atoms with Crippen LogP contribution in [0, 0.1) is 6.92 Å². The van der Waals surface area contributed by atoms with Crippen LogP contribution in [0.4, 0.5) is 5.82 Å². The van der Waals surface area contributed by atoms with Crippen LogP contribution in [-0.2, 0) is 4.74 Å². The molecule has 1 saturated heterocycles. The zero-order chi connectivity index (χ0) is 16.9. The predicted octanol–water partition coefficient (Wildman–Crippen LogP) is 1.29. The second-order valence-electron chi connectivity index (χ2n) is 5.84. The van der Waals surface area contributed by atoms with Crippen LogP contribution in [0.5, 0.6) is 0 Å². The third-order valence-corrected chi connectivity index (χ3v) is 4.01. The van der Waals surface area contributed by atoms with Crippen LogP contribution in [0.25, 0.3) is 5.95 Å². The van der Waals surface area contributed by atoms with Gasteiger partial charge < -0.3 is 15.0 Å². The van der Waals surface area contributed by atoms with E-state index in [2.05, 4.69) is 25.3 Å². The number of methoxy groups -OCH3 is 1. The van der Waals surface area contributed by atoms with Crippen molar-refractivity contribution in [3.8, 4) is 5.95 Å². The Hall–Kier alpha value is -2.48. The Labute approximate surface area is 140 Å². The number of hydrogen-bond acceptors (Lipinski definition) is 6. The van der Waals surface area contributed by atoms with Crippen molar-refractivity contribution in [2.24, 2.45) is 0 Å². The first-order valence-corrected chi connectivity index (χ1v) is 8.10. The van der Waals surface area contributed by atoms with Gasteiger partial charge in [-0.05, 0) is 26.2 Å². The lowest BCUT2D eigenvalue weighted by atomic mass is 10.1. The number of nitrogens with zero attached hydrogens (tertiary/aromatic N) is 5. The zero-order valence-electron chi connectivity index (χ0n) is 14.0. The van der Waals surface area contributed by atoms with Gasteiger partial charge in [0.05, 0.1) is 11.8 Å². The molecule has 0 saturated carbocycles. The van der Waals surface area contributed by atoms with E-state index >= 15 is 0 Å². The zero-order valence-corrected chi connectivity index (χ0v) is 14.0. The maximum absolute atomic E-state index is 11.9. The lowest BCUT2D eigenvalue weighted by Crippen LogP contribution is -2.31. The summed E-state index contributed by atoms with van der Waals surface area (Å²) in [6.45, 7) is 4.20. The van der Waals surface area contributed by atoms with Gasteiger partial charge in [-0.25, -0.2) is 9.67 Å². The van der Waals surface area contributed by atoms with Crippen LogP contribution in [0.1, 0.15) is 35.2 Å². The van der Waals surface area contributed by atoms with Crippen molar-refractivity contribution < 1.29 is 9.53 Å². The number of nitrogens with one attached hydrogen (secondary N) is 1. The summed E-state index contributed by atoms with van der Waals surface area (Å²) < 4.78 is 6.35. The van der Waals surface area contributed by atoms with E-state index in [-0.39, 0.29) is 12.6 Å². The molecule has 0 radical (unpaired) electrons. The minimum absolute atomic E-state index is 0.157. The third kappa shape index (κ3) is 3.53. The van der Waals surface area contributed by atoms with Crippen LogP contribution in [0.3, 0.4) is 0 Å². The SMILES string of the molecule is COCNC(=O)c1cnn(-c2ncc(C)c(N3CCCCC3)n2)c1. The average molecular weight is 330 g/mol. The van der Waals surface area contributed by atoms with Crippen LogP contribution in [0.2, 0.25) is 0 Å². The number of anilines is 1. The number of piperidine rings is 1. The molecule has 1 amide bonds. The first-order chi connectivity index (χ1) is 11.7. The molecule has 8 nitrogen and oxygen atoms in total. The van der Waals surface area contributed by atoms with Crippen LogP contribution >= 0.6 is 0 Å². The molecule has 2 aromatic heterocycles. The molecule has 0 bridgehead atoms. The number of aromatic nitrogens is 4. The highest BCUT2D eigenvalue weighted by Crippen LogP contribution is 2.21. The Morgan fingerprint density at radius 3 is 2.83 bits per heavy atom. The van der Waals surface area contributed by atoms with Crippen molar-refractivity contribution in [2.45, 2.75) is 26.2 Å². The second kappa shape index (κ2) is 7.39. The topological polar surface area (TPSA) is 85.2 Å². The van der Waals surface area contributed by atoms with E-state index in [0.29, 0.717) is 11.5 Å². The van der Waals surface area contributed by atoms with Gasteiger partial charge in [-0.15, -0.1) is 0 Å². The third-order valence-electron chi connectivity index (χ3n) is 4.01. The maximum Gasteiger partial charge on any atom is 0.256 e. The minimum atomic E-state index is -0.244. The van der Waals surface area contributed by atoms with E-state index in [1.165, 1.54) is 37.3 Å². The summed E-state index contributed by atoms with van der Waals surface area (Å²) >= 11 is 0. The van der Waals surface area contributed by atoms with E-state index < -0.39 is 0 Å². The van der Waals surface area contributed by atoms with Crippen molar-refractivity contribution in [2.75, 3.05) is 31.8 Å². The molecule has 1 fully saturated rings. The first-order valence-electron chi connectivity index (χ1n) is 8.10. The number of ether oxygens (including phenoxy) is 1. The highest BCUT2D eigenvalue weighted by atomic mass is 16.5. The molecule has 1 N–H and O–H groups in total. The first kappa shape index (κ1) is 16.4. The molecule has 8 heteroatoms. The van der Waals surface area contributed by atoms with Crippen molar-refractivity contribution in [1.82, 2.24) is 25.1 Å². The van der Waals surface area contributed by atoms with Gasteiger partial charge in [0, 0.05) is 38.2 Å². The van der Waals surface area contributed by atoms with Crippen molar-refractivity contribution >= 4 is 11.7 Å². The summed E-state index contributed by atoms with van der Waals surface area (Å²) in [5.74, 6) is 1.17. The van der Waals surface area contributed by atoms with E-state index in [0.717, 1.165) is 24.5 Å². The predicted molar refractivity (Wildman–Crippen MR) is 89.3 cm³/mol. The van der Waals surface area contributed by atoms with Crippen LogP contribution in [-0.4, -0.2) is 52.6 Å². The highest BCUT2D eigenvalue weighted by Gasteiger charge is 2.17. The van der Waals surface area contributed by atoms with E-state index in [4.69, 9.17) is 4.74 Å². The Kier molecular flexibility index (Phi) is 5.05. The Bertz CT molecular complexity index is 708. The second-order valence-corrected chi connectivity index (χ2v) is 5.84. The summed E-state index contributed by atoms with van der Waals surface area (Å²) in [6.07, 6.45) is 8.56. The summed E-state index contributed by atoms with van der Waals surface area (Å²) in [7, 11) is 1.52. The molecule has 128 valence electrons. The molecular weight excluding hydrogens is 308 g/mol. The molecule has 0 atom stereocenters. The van der Waals surface area contributed by atoms with Crippen molar-refractivity contribution in [1.29, 1.82) is 0 Å². The molecule has 3 heterocycles. The quantitative estimate of drug-likeness (QED) is 0.832. The molecule has 0 unspecified atom stereocenters. The van der Waals surface area contributed by atoms with Gasteiger partial charge in [0.2, 0.25) is 0 Å². The lowest BCUT2D eigenvalue weighted by Gasteiger charge is -2.28. The Balaban J connectivity index is 1.82. The van der Waals surface area contributed by atoms with Gasteiger partial charge in [0.1, 0.15) is 12.5 Å². The summed E-state index contributed by atoms with van der Waals surface area (Å²) in [5, 5.41) is 6.83. The van der Waals surface area contributed by atoms with Gasteiger partial charge in [-0.2, -0.15) is 10.1 Å². The molecule has 24 heavy (non-hydrogen) atoms. The molecule has 1 aliphatic rings. The lowest BCUT2D eigenvalue weighted by molar-refractivity contribution is 0.0872. The number of amides is 1. The Morgan fingerprint density at radius 2 is 2.08 bits per heavy atom. The maximum atomic E-state index is 11.9. The summed E-state index contributed by atoms with van der Waals surface area (Å²) in [4.78, 5) is 23.2. The molecule has 2 aromatic rings. The standard InChI is InChI=1S/C16H22N6O2/c1-12-8-17-16(20-14(12)21-6-4-3-5-7-21)22-10-13(9-19-22)15(23)18-11-24-2/h8-10H,3-7,11H2,1-2H3,(H,18,23).